The average Bonchev–Trinajstić information content (AvgIpc) is 2.65. The molecule has 0 aliphatic rings. The Morgan fingerprint density at radius 2 is 1.83 bits per heavy atom. The summed E-state index contributed by atoms with van der Waals surface area (Å²) in [6, 6.07) is 0. The van der Waals surface area contributed by atoms with E-state index in [0.717, 1.165) is 29.2 Å². The molecule has 1 heterocycles. The largest absolute Gasteiger partial charge is 0.271 e. The van der Waals surface area contributed by atoms with Crippen molar-refractivity contribution in [2.24, 2.45) is 12.5 Å². The zero-order valence-electron chi connectivity index (χ0n) is 11.3. The fourth-order valence-corrected chi connectivity index (χ4v) is 4.89. The van der Waals surface area contributed by atoms with Crippen LogP contribution in [0.1, 0.15) is 38.1 Å². The summed E-state index contributed by atoms with van der Waals surface area (Å²) in [6.45, 7) is 4.39. The van der Waals surface area contributed by atoms with Crippen LogP contribution in [0.4, 0.5) is 0 Å². The predicted octanol–water partition coefficient (Wildman–Crippen LogP) is 4.86. The second-order valence-corrected chi connectivity index (χ2v) is 6.79. The lowest BCUT2D eigenvalue weighted by molar-refractivity contribution is 0.342. The number of rotatable bonds is 7. The number of hydrogen-bond donors (Lipinski definition) is 0. The average molecular weight is 445 g/mol. The van der Waals surface area contributed by atoms with Gasteiger partial charge in [0.2, 0.25) is 0 Å². The van der Waals surface area contributed by atoms with Crippen molar-refractivity contribution in [1.29, 1.82) is 0 Å². The second kappa shape index (κ2) is 7.44. The maximum atomic E-state index is 4.58. The predicted molar refractivity (Wildman–Crippen MR) is 88.9 cm³/mol. The van der Waals surface area contributed by atoms with Gasteiger partial charge in [0.1, 0.15) is 0 Å². The van der Waals surface area contributed by atoms with Crippen LogP contribution in [-0.4, -0.2) is 20.4 Å². The van der Waals surface area contributed by atoms with Gasteiger partial charge in [0.15, 0.2) is 0 Å². The van der Waals surface area contributed by atoms with Crippen LogP contribution in [0.5, 0.6) is 0 Å². The van der Waals surface area contributed by atoms with Crippen molar-refractivity contribution >= 4 is 47.8 Å². The van der Waals surface area contributed by atoms with Crippen LogP contribution in [0.25, 0.3) is 0 Å². The molecule has 1 aromatic heterocycles. The fraction of sp³-hybridized carbons (Fsp3) is 0.769. The third kappa shape index (κ3) is 3.60. The van der Waals surface area contributed by atoms with Crippen molar-refractivity contribution in [3.63, 3.8) is 0 Å². The van der Waals surface area contributed by atoms with E-state index >= 15 is 0 Å². The minimum atomic E-state index is 0.274. The van der Waals surface area contributed by atoms with E-state index in [-0.39, 0.29) is 5.41 Å². The van der Waals surface area contributed by atoms with Crippen molar-refractivity contribution in [3.8, 4) is 0 Å². The van der Waals surface area contributed by atoms with Gasteiger partial charge in [-0.05, 0) is 40.6 Å². The Hall–Kier alpha value is 0.650. The van der Waals surface area contributed by atoms with E-state index in [2.05, 4.69) is 66.7 Å². The van der Waals surface area contributed by atoms with Crippen molar-refractivity contribution in [1.82, 2.24) is 9.78 Å². The molecule has 2 nitrogen and oxygen atoms in total. The SMILES string of the molecule is CCCC(CBr)(CBr)Cc1c(Br)c(CC)nn1C. The molecule has 0 aliphatic heterocycles. The second-order valence-electron chi connectivity index (χ2n) is 4.88. The first-order valence-electron chi connectivity index (χ1n) is 6.35. The molecule has 1 rings (SSSR count). The van der Waals surface area contributed by atoms with Crippen LogP contribution in [0.2, 0.25) is 0 Å². The molecule has 1 aromatic rings. The number of halogens is 3. The molecule has 0 N–H and O–H groups in total. The molecule has 0 saturated carbocycles. The highest BCUT2D eigenvalue weighted by molar-refractivity contribution is 9.10. The number of alkyl halides is 2. The van der Waals surface area contributed by atoms with Gasteiger partial charge in [0.25, 0.3) is 0 Å². The normalized spacial score (nSPS) is 12.1. The monoisotopic (exact) mass is 442 g/mol. The minimum Gasteiger partial charge on any atom is -0.271 e. The Morgan fingerprint density at radius 1 is 1.22 bits per heavy atom. The van der Waals surface area contributed by atoms with Gasteiger partial charge in [0.05, 0.1) is 15.9 Å². The lowest BCUT2D eigenvalue weighted by Crippen LogP contribution is -2.28. The van der Waals surface area contributed by atoms with E-state index in [9.17, 15) is 0 Å². The summed E-state index contributed by atoms with van der Waals surface area (Å²) < 4.78 is 3.22. The van der Waals surface area contributed by atoms with Crippen molar-refractivity contribution < 1.29 is 0 Å². The maximum Gasteiger partial charge on any atom is 0.0766 e. The van der Waals surface area contributed by atoms with Crippen molar-refractivity contribution in [2.45, 2.75) is 39.5 Å². The van der Waals surface area contributed by atoms with E-state index in [1.807, 2.05) is 11.7 Å². The Kier molecular flexibility index (Phi) is 6.90. The third-order valence-electron chi connectivity index (χ3n) is 3.39. The van der Waals surface area contributed by atoms with Crippen LogP contribution >= 0.6 is 47.8 Å². The Bertz CT molecular complexity index is 384. The van der Waals surface area contributed by atoms with Gasteiger partial charge in [-0.1, -0.05) is 52.1 Å². The first-order chi connectivity index (χ1) is 8.53. The Morgan fingerprint density at radius 3 is 2.22 bits per heavy atom. The molecule has 104 valence electrons. The summed E-state index contributed by atoms with van der Waals surface area (Å²) in [5.41, 5.74) is 2.73. The van der Waals surface area contributed by atoms with Gasteiger partial charge in [0, 0.05) is 17.7 Å². The Balaban J connectivity index is 3.04. The molecule has 0 amide bonds. The highest BCUT2D eigenvalue weighted by Gasteiger charge is 2.30. The molecule has 0 fully saturated rings. The molecule has 0 aromatic carbocycles. The molecule has 0 radical (unpaired) electrons. The van der Waals surface area contributed by atoms with Crippen LogP contribution in [0, 0.1) is 5.41 Å². The topological polar surface area (TPSA) is 17.8 Å². The highest BCUT2D eigenvalue weighted by Crippen LogP contribution is 2.36. The van der Waals surface area contributed by atoms with Crippen molar-refractivity contribution in [2.75, 3.05) is 10.7 Å². The van der Waals surface area contributed by atoms with Gasteiger partial charge in [-0.25, -0.2) is 0 Å². The quantitative estimate of drug-likeness (QED) is 0.549. The summed E-state index contributed by atoms with van der Waals surface area (Å²) >= 11 is 11.1. The summed E-state index contributed by atoms with van der Waals surface area (Å²) in [5, 5.41) is 6.60. The van der Waals surface area contributed by atoms with Crippen LogP contribution in [0.3, 0.4) is 0 Å². The number of aromatic nitrogens is 2. The molecule has 0 unspecified atom stereocenters. The molecule has 0 atom stereocenters. The lowest BCUT2D eigenvalue weighted by Gasteiger charge is -2.30. The van der Waals surface area contributed by atoms with Crippen LogP contribution in [0.15, 0.2) is 4.47 Å². The van der Waals surface area contributed by atoms with E-state index in [1.54, 1.807) is 0 Å². The first kappa shape index (κ1) is 16.7. The van der Waals surface area contributed by atoms with E-state index < -0.39 is 0 Å². The maximum absolute atomic E-state index is 4.58. The van der Waals surface area contributed by atoms with E-state index in [1.165, 1.54) is 23.0 Å². The summed E-state index contributed by atoms with van der Waals surface area (Å²) in [5.74, 6) is 0. The summed E-state index contributed by atoms with van der Waals surface area (Å²) in [4.78, 5) is 0. The minimum absolute atomic E-state index is 0.274. The summed E-state index contributed by atoms with van der Waals surface area (Å²) in [6.07, 6.45) is 4.43. The van der Waals surface area contributed by atoms with Gasteiger partial charge >= 0.3 is 0 Å². The number of nitrogens with zero attached hydrogens (tertiary/aromatic N) is 2. The van der Waals surface area contributed by atoms with Gasteiger partial charge < -0.3 is 0 Å². The first-order valence-corrected chi connectivity index (χ1v) is 9.39. The molecule has 0 aliphatic carbocycles. The van der Waals surface area contributed by atoms with Gasteiger partial charge in [-0.15, -0.1) is 0 Å². The lowest BCUT2D eigenvalue weighted by atomic mass is 9.83. The van der Waals surface area contributed by atoms with Crippen molar-refractivity contribution in [3.05, 3.63) is 15.9 Å². The molecule has 5 heteroatoms. The van der Waals surface area contributed by atoms with Crippen LogP contribution in [-0.2, 0) is 19.9 Å². The molecule has 0 spiro atoms. The summed E-state index contributed by atoms with van der Waals surface area (Å²) in [7, 11) is 2.04. The zero-order valence-corrected chi connectivity index (χ0v) is 16.0. The smallest absolute Gasteiger partial charge is 0.0766 e. The highest BCUT2D eigenvalue weighted by atomic mass is 79.9. The molecule has 18 heavy (non-hydrogen) atoms. The molecule has 0 saturated heterocycles. The molecular weight excluding hydrogens is 424 g/mol. The molecule has 0 bridgehead atoms. The van der Waals surface area contributed by atoms with E-state index in [0.29, 0.717) is 0 Å². The number of aryl methyl sites for hydroxylation is 2. The Labute approximate surface area is 135 Å². The standard InChI is InChI=1S/C13H21Br3N2/c1-4-6-13(8-14,9-15)7-11-12(16)10(5-2)17-18(11)3/h4-9H2,1-3H3. The van der Waals surface area contributed by atoms with Gasteiger partial charge in [-0.2, -0.15) is 5.10 Å². The third-order valence-corrected chi connectivity index (χ3v) is 6.69. The fourth-order valence-electron chi connectivity index (χ4n) is 2.25. The zero-order chi connectivity index (χ0) is 13.8. The van der Waals surface area contributed by atoms with Gasteiger partial charge in [-0.3, -0.25) is 4.68 Å². The van der Waals surface area contributed by atoms with Crippen LogP contribution < -0.4 is 0 Å². The molecular formula is C13H21Br3N2. The number of hydrogen-bond acceptors (Lipinski definition) is 1. The van der Waals surface area contributed by atoms with E-state index in [4.69, 9.17) is 0 Å².